The standard InChI is InChI=1S/C8H3F5O2/c9-4-1-2-6(5(10)3-4)15-7(14)8(11,12)13/h1-3H. The molecular formula is C8H3F5O2. The number of rotatable bonds is 1. The number of carbonyl (C=O) groups excluding carboxylic acids is 1. The van der Waals surface area contributed by atoms with E-state index in [0.717, 1.165) is 0 Å². The van der Waals surface area contributed by atoms with Gasteiger partial charge >= 0.3 is 12.1 Å². The van der Waals surface area contributed by atoms with Gasteiger partial charge in [-0.2, -0.15) is 13.2 Å². The molecule has 0 fully saturated rings. The van der Waals surface area contributed by atoms with Crippen LogP contribution in [0.5, 0.6) is 5.75 Å². The van der Waals surface area contributed by atoms with Crippen LogP contribution in [0.3, 0.4) is 0 Å². The van der Waals surface area contributed by atoms with Gasteiger partial charge in [0.05, 0.1) is 0 Å². The zero-order chi connectivity index (χ0) is 11.6. The van der Waals surface area contributed by atoms with Crippen molar-refractivity contribution in [3.63, 3.8) is 0 Å². The summed E-state index contributed by atoms with van der Waals surface area (Å²) in [5, 5.41) is 0. The van der Waals surface area contributed by atoms with Crippen LogP contribution >= 0.6 is 0 Å². The molecule has 1 aromatic carbocycles. The van der Waals surface area contributed by atoms with Crippen molar-refractivity contribution >= 4 is 5.97 Å². The normalized spacial score (nSPS) is 11.3. The summed E-state index contributed by atoms with van der Waals surface area (Å²) in [6.07, 6.45) is -5.22. The van der Waals surface area contributed by atoms with Crippen LogP contribution in [-0.2, 0) is 4.79 Å². The fourth-order valence-corrected chi connectivity index (χ4v) is 0.716. The Labute approximate surface area is 80.3 Å². The van der Waals surface area contributed by atoms with Crippen molar-refractivity contribution in [3.05, 3.63) is 29.8 Å². The first-order valence-corrected chi connectivity index (χ1v) is 3.55. The number of ether oxygens (including phenoxy) is 1. The highest BCUT2D eigenvalue weighted by molar-refractivity contribution is 5.78. The van der Waals surface area contributed by atoms with Crippen LogP contribution < -0.4 is 4.74 Å². The molecule has 7 heteroatoms. The minimum absolute atomic E-state index is 0.305. The van der Waals surface area contributed by atoms with Crippen molar-refractivity contribution in [1.82, 2.24) is 0 Å². The van der Waals surface area contributed by atoms with Crippen LogP contribution in [0, 0.1) is 11.6 Å². The van der Waals surface area contributed by atoms with E-state index in [2.05, 4.69) is 4.74 Å². The molecule has 2 nitrogen and oxygen atoms in total. The summed E-state index contributed by atoms with van der Waals surface area (Å²) >= 11 is 0. The zero-order valence-electron chi connectivity index (χ0n) is 6.94. The van der Waals surface area contributed by atoms with Crippen LogP contribution in [0.4, 0.5) is 22.0 Å². The Kier molecular flexibility index (Phi) is 2.92. The molecule has 1 rings (SSSR count). The fourth-order valence-electron chi connectivity index (χ4n) is 0.716. The molecule has 0 saturated heterocycles. The third-order valence-electron chi connectivity index (χ3n) is 1.33. The third-order valence-corrected chi connectivity index (χ3v) is 1.33. The highest BCUT2D eigenvalue weighted by Crippen LogP contribution is 2.22. The molecule has 0 atom stereocenters. The second-order valence-corrected chi connectivity index (χ2v) is 2.46. The maximum Gasteiger partial charge on any atom is 0.491 e. The highest BCUT2D eigenvalue weighted by Gasteiger charge is 2.41. The molecule has 0 aliphatic rings. The molecule has 0 aromatic heterocycles. The van der Waals surface area contributed by atoms with Gasteiger partial charge in [0.25, 0.3) is 0 Å². The van der Waals surface area contributed by atoms with Gasteiger partial charge in [-0.1, -0.05) is 0 Å². The Balaban J connectivity index is 2.87. The predicted octanol–water partition coefficient (Wildman–Crippen LogP) is 2.43. The number of hydrogen-bond donors (Lipinski definition) is 0. The van der Waals surface area contributed by atoms with Crippen molar-refractivity contribution in [2.75, 3.05) is 0 Å². The van der Waals surface area contributed by atoms with Crippen molar-refractivity contribution in [2.24, 2.45) is 0 Å². The second-order valence-electron chi connectivity index (χ2n) is 2.46. The third kappa shape index (κ3) is 2.90. The first kappa shape index (κ1) is 11.4. The molecule has 0 aliphatic heterocycles. The predicted molar refractivity (Wildman–Crippen MR) is 38.0 cm³/mol. The Hall–Kier alpha value is -1.66. The maximum atomic E-state index is 12.7. The minimum Gasteiger partial charge on any atom is -0.417 e. The van der Waals surface area contributed by atoms with Gasteiger partial charge < -0.3 is 4.74 Å². The van der Waals surface area contributed by atoms with E-state index in [4.69, 9.17) is 0 Å². The highest BCUT2D eigenvalue weighted by atomic mass is 19.4. The molecule has 0 heterocycles. The molecule has 82 valence electrons. The first-order valence-electron chi connectivity index (χ1n) is 3.55. The number of hydrogen-bond acceptors (Lipinski definition) is 2. The van der Waals surface area contributed by atoms with Crippen LogP contribution in [0.1, 0.15) is 0 Å². The average Bonchev–Trinajstić information content (AvgIpc) is 2.08. The number of halogens is 5. The Morgan fingerprint density at radius 2 is 1.80 bits per heavy atom. The first-order chi connectivity index (χ1) is 6.80. The van der Waals surface area contributed by atoms with E-state index < -0.39 is 29.5 Å². The number of benzene rings is 1. The lowest BCUT2D eigenvalue weighted by atomic mass is 10.3. The van der Waals surface area contributed by atoms with Gasteiger partial charge in [0.15, 0.2) is 11.6 Å². The largest absolute Gasteiger partial charge is 0.491 e. The summed E-state index contributed by atoms with van der Waals surface area (Å²) in [5.41, 5.74) is 0. The van der Waals surface area contributed by atoms with Gasteiger partial charge in [-0.3, -0.25) is 0 Å². The Morgan fingerprint density at radius 3 is 2.27 bits per heavy atom. The van der Waals surface area contributed by atoms with Gasteiger partial charge in [-0.15, -0.1) is 0 Å². The van der Waals surface area contributed by atoms with E-state index in [1.54, 1.807) is 0 Å². The zero-order valence-corrected chi connectivity index (χ0v) is 6.94. The molecule has 0 aliphatic carbocycles. The van der Waals surface area contributed by atoms with Gasteiger partial charge in [0.1, 0.15) is 5.82 Å². The van der Waals surface area contributed by atoms with Crippen molar-refractivity contribution in [3.8, 4) is 5.75 Å². The maximum absolute atomic E-state index is 12.7. The monoisotopic (exact) mass is 226 g/mol. The average molecular weight is 226 g/mol. The minimum atomic E-state index is -5.22. The molecule has 0 spiro atoms. The molecule has 15 heavy (non-hydrogen) atoms. The van der Waals surface area contributed by atoms with Crippen LogP contribution in [-0.4, -0.2) is 12.1 Å². The van der Waals surface area contributed by atoms with E-state index in [0.29, 0.717) is 18.2 Å². The van der Waals surface area contributed by atoms with Gasteiger partial charge in [-0.25, -0.2) is 13.6 Å². The molecule has 0 unspecified atom stereocenters. The van der Waals surface area contributed by atoms with Gasteiger partial charge in [-0.05, 0) is 12.1 Å². The molecule has 0 saturated carbocycles. The smallest absolute Gasteiger partial charge is 0.417 e. The van der Waals surface area contributed by atoms with E-state index >= 15 is 0 Å². The van der Waals surface area contributed by atoms with E-state index in [1.807, 2.05) is 0 Å². The molecule has 0 amide bonds. The molecule has 0 bridgehead atoms. The quantitative estimate of drug-likeness (QED) is 0.417. The van der Waals surface area contributed by atoms with Gasteiger partial charge in [0.2, 0.25) is 0 Å². The molecule has 1 aromatic rings. The van der Waals surface area contributed by atoms with Crippen LogP contribution in [0.25, 0.3) is 0 Å². The Morgan fingerprint density at radius 1 is 1.20 bits per heavy atom. The van der Waals surface area contributed by atoms with Crippen LogP contribution in [0.2, 0.25) is 0 Å². The summed E-state index contributed by atoms with van der Waals surface area (Å²) in [4.78, 5) is 10.3. The topological polar surface area (TPSA) is 26.3 Å². The summed E-state index contributed by atoms with van der Waals surface area (Å²) in [7, 11) is 0. The summed E-state index contributed by atoms with van der Waals surface area (Å²) in [6.45, 7) is 0. The lowest BCUT2D eigenvalue weighted by molar-refractivity contribution is -0.189. The van der Waals surface area contributed by atoms with Crippen molar-refractivity contribution in [2.45, 2.75) is 6.18 Å². The fraction of sp³-hybridized carbons (Fsp3) is 0.125. The van der Waals surface area contributed by atoms with Crippen molar-refractivity contribution < 1.29 is 31.5 Å². The molecule has 0 N–H and O–H groups in total. The lowest BCUT2D eigenvalue weighted by Gasteiger charge is -2.07. The van der Waals surface area contributed by atoms with Crippen molar-refractivity contribution in [1.29, 1.82) is 0 Å². The number of alkyl halides is 3. The summed E-state index contributed by atoms with van der Waals surface area (Å²) in [5.74, 6) is -5.90. The van der Waals surface area contributed by atoms with E-state index in [-0.39, 0.29) is 0 Å². The molecule has 0 radical (unpaired) electrons. The number of carbonyl (C=O) groups is 1. The summed E-state index contributed by atoms with van der Waals surface area (Å²) in [6, 6.07) is 1.56. The SMILES string of the molecule is O=C(Oc1ccc(F)cc1F)C(F)(F)F. The number of esters is 1. The Bertz CT molecular complexity index is 385. The lowest BCUT2D eigenvalue weighted by Crippen LogP contribution is -2.28. The molecular weight excluding hydrogens is 223 g/mol. The van der Waals surface area contributed by atoms with E-state index in [9.17, 15) is 26.7 Å². The van der Waals surface area contributed by atoms with Crippen LogP contribution in [0.15, 0.2) is 18.2 Å². The van der Waals surface area contributed by atoms with E-state index in [1.165, 1.54) is 0 Å². The summed E-state index contributed by atoms with van der Waals surface area (Å²) < 4.78 is 63.7. The van der Waals surface area contributed by atoms with Gasteiger partial charge in [0, 0.05) is 6.07 Å². The second kappa shape index (κ2) is 3.84.